The Morgan fingerprint density at radius 2 is 1.96 bits per heavy atom. The van der Waals surface area contributed by atoms with Gasteiger partial charge in [0.25, 0.3) is 5.91 Å². The first-order valence-corrected chi connectivity index (χ1v) is 8.62. The molecular weight excluding hydrogens is 318 g/mol. The van der Waals surface area contributed by atoms with E-state index >= 15 is 0 Å². The number of nitrogens with one attached hydrogen (secondary N) is 3. The maximum Gasteiger partial charge on any atom is 0.321 e. The van der Waals surface area contributed by atoms with Gasteiger partial charge in [-0.1, -0.05) is 26.5 Å². The SMILES string of the molecule is C=CCOc1ccc(C[NH+](C)CC(=O)NC(=O)NCCC(C)C)cc1. The highest BCUT2D eigenvalue weighted by Crippen LogP contribution is 2.11. The molecule has 0 aliphatic rings. The van der Waals surface area contributed by atoms with Crippen molar-refractivity contribution in [3.05, 3.63) is 42.5 Å². The van der Waals surface area contributed by atoms with Gasteiger partial charge in [-0.05, 0) is 36.6 Å². The molecule has 0 saturated carbocycles. The van der Waals surface area contributed by atoms with Gasteiger partial charge in [-0.2, -0.15) is 0 Å². The summed E-state index contributed by atoms with van der Waals surface area (Å²) in [5.41, 5.74) is 1.10. The first-order valence-electron chi connectivity index (χ1n) is 8.62. The van der Waals surface area contributed by atoms with Gasteiger partial charge in [-0.25, -0.2) is 4.79 Å². The van der Waals surface area contributed by atoms with Gasteiger partial charge in [0, 0.05) is 12.1 Å². The summed E-state index contributed by atoms with van der Waals surface area (Å²) < 4.78 is 5.44. The van der Waals surface area contributed by atoms with Gasteiger partial charge in [-0.15, -0.1) is 0 Å². The maximum atomic E-state index is 11.9. The molecule has 1 aromatic rings. The van der Waals surface area contributed by atoms with E-state index in [0.29, 0.717) is 25.6 Å². The molecule has 25 heavy (non-hydrogen) atoms. The van der Waals surface area contributed by atoms with Crippen LogP contribution in [0, 0.1) is 5.92 Å². The van der Waals surface area contributed by atoms with Crippen LogP contribution in [0.1, 0.15) is 25.8 Å². The Bertz CT molecular complexity index is 556. The normalized spacial score (nSPS) is 11.7. The Kier molecular flexibility index (Phi) is 9.32. The molecule has 0 saturated heterocycles. The molecule has 6 nitrogen and oxygen atoms in total. The number of amides is 3. The Morgan fingerprint density at radius 3 is 2.56 bits per heavy atom. The van der Waals surface area contributed by atoms with E-state index in [-0.39, 0.29) is 12.5 Å². The van der Waals surface area contributed by atoms with Crippen LogP contribution in [-0.2, 0) is 11.3 Å². The summed E-state index contributed by atoms with van der Waals surface area (Å²) >= 11 is 0. The molecule has 0 radical (unpaired) electrons. The van der Waals surface area contributed by atoms with E-state index in [2.05, 4.69) is 31.1 Å². The van der Waals surface area contributed by atoms with Crippen LogP contribution in [0.2, 0.25) is 0 Å². The summed E-state index contributed by atoms with van der Waals surface area (Å²) in [6, 6.07) is 7.31. The molecule has 0 bridgehead atoms. The number of carbonyl (C=O) groups excluding carboxylic acids is 2. The second-order valence-electron chi connectivity index (χ2n) is 6.54. The van der Waals surface area contributed by atoms with Gasteiger partial charge >= 0.3 is 6.03 Å². The van der Waals surface area contributed by atoms with Crippen LogP contribution < -0.4 is 20.3 Å². The quantitative estimate of drug-likeness (QED) is 0.555. The average molecular weight is 348 g/mol. The number of rotatable bonds is 10. The minimum absolute atomic E-state index is 0.228. The smallest absolute Gasteiger partial charge is 0.321 e. The van der Waals surface area contributed by atoms with Crippen molar-refractivity contribution in [3.63, 3.8) is 0 Å². The van der Waals surface area contributed by atoms with Gasteiger partial charge in [0.15, 0.2) is 6.54 Å². The third-order valence-corrected chi connectivity index (χ3v) is 3.52. The van der Waals surface area contributed by atoms with Crippen LogP contribution in [0.25, 0.3) is 0 Å². The number of hydrogen-bond acceptors (Lipinski definition) is 3. The number of urea groups is 1. The van der Waals surface area contributed by atoms with Crippen LogP contribution in [-0.4, -0.2) is 38.7 Å². The second-order valence-corrected chi connectivity index (χ2v) is 6.54. The highest BCUT2D eigenvalue weighted by Gasteiger charge is 2.13. The fraction of sp³-hybridized carbons (Fsp3) is 0.474. The Labute approximate surface area is 150 Å². The van der Waals surface area contributed by atoms with E-state index in [1.165, 1.54) is 0 Å². The van der Waals surface area contributed by atoms with Gasteiger partial charge in [0.1, 0.15) is 18.9 Å². The third-order valence-electron chi connectivity index (χ3n) is 3.52. The van der Waals surface area contributed by atoms with Crippen LogP contribution in [0.5, 0.6) is 5.75 Å². The van der Waals surface area contributed by atoms with E-state index in [1.54, 1.807) is 6.08 Å². The Balaban J connectivity index is 2.32. The lowest BCUT2D eigenvalue weighted by molar-refractivity contribution is -0.885. The molecule has 0 spiro atoms. The van der Waals surface area contributed by atoms with Crippen LogP contribution in [0.3, 0.4) is 0 Å². The Hall–Kier alpha value is -2.34. The van der Waals surface area contributed by atoms with Crippen molar-refractivity contribution >= 4 is 11.9 Å². The highest BCUT2D eigenvalue weighted by atomic mass is 16.5. The van der Waals surface area contributed by atoms with Crippen LogP contribution in [0.15, 0.2) is 36.9 Å². The number of carbonyl (C=O) groups is 2. The van der Waals surface area contributed by atoms with Crippen LogP contribution >= 0.6 is 0 Å². The van der Waals surface area contributed by atoms with Crippen molar-refractivity contribution in [2.75, 3.05) is 26.7 Å². The zero-order valence-corrected chi connectivity index (χ0v) is 15.4. The monoisotopic (exact) mass is 348 g/mol. The minimum atomic E-state index is -0.429. The summed E-state index contributed by atoms with van der Waals surface area (Å²) in [4.78, 5) is 24.5. The lowest BCUT2D eigenvalue weighted by atomic mass is 10.1. The van der Waals surface area contributed by atoms with E-state index < -0.39 is 6.03 Å². The summed E-state index contributed by atoms with van der Waals surface area (Å²) in [6.07, 6.45) is 2.59. The predicted molar refractivity (Wildman–Crippen MR) is 98.6 cm³/mol. The number of ether oxygens (including phenoxy) is 1. The molecule has 6 heteroatoms. The number of imide groups is 1. The summed E-state index contributed by atoms with van der Waals surface area (Å²) in [5.74, 6) is 1.02. The fourth-order valence-corrected chi connectivity index (χ4v) is 2.23. The standard InChI is InChI=1S/C19H29N3O3/c1-5-12-25-17-8-6-16(7-9-17)13-22(4)14-18(23)21-19(24)20-11-10-15(2)3/h5-9,15H,1,10-14H2,2-4H3,(H2,20,21,23,24)/p+1. The molecule has 0 aliphatic carbocycles. The lowest BCUT2D eigenvalue weighted by Crippen LogP contribution is -3.09. The van der Waals surface area contributed by atoms with E-state index in [4.69, 9.17) is 4.74 Å². The second kappa shape index (κ2) is 11.3. The topological polar surface area (TPSA) is 71.9 Å². The molecule has 1 unspecified atom stereocenters. The molecule has 3 amide bonds. The molecule has 138 valence electrons. The van der Waals surface area contributed by atoms with Crippen molar-refractivity contribution in [2.45, 2.75) is 26.8 Å². The maximum absolute atomic E-state index is 11.9. The molecule has 0 fully saturated rings. The lowest BCUT2D eigenvalue weighted by Gasteiger charge is -2.14. The first kappa shape index (κ1) is 20.7. The largest absolute Gasteiger partial charge is 0.490 e. The molecule has 0 aromatic heterocycles. The van der Waals surface area contributed by atoms with Crippen molar-refractivity contribution in [1.82, 2.24) is 10.6 Å². The highest BCUT2D eigenvalue weighted by molar-refractivity contribution is 5.94. The van der Waals surface area contributed by atoms with Gasteiger partial charge in [0.05, 0.1) is 7.05 Å². The summed E-state index contributed by atoms with van der Waals surface area (Å²) in [5, 5.41) is 5.05. The van der Waals surface area contributed by atoms with Gasteiger partial charge in [-0.3, -0.25) is 10.1 Å². The zero-order valence-electron chi connectivity index (χ0n) is 15.4. The van der Waals surface area contributed by atoms with Crippen molar-refractivity contribution in [1.29, 1.82) is 0 Å². The number of benzene rings is 1. The van der Waals surface area contributed by atoms with Crippen LogP contribution in [0.4, 0.5) is 4.79 Å². The van der Waals surface area contributed by atoms with Crippen molar-refractivity contribution in [2.24, 2.45) is 5.92 Å². The first-order chi connectivity index (χ1) is 11.9. The molecule has 1 rings (SSSR count). The van der Waals surface area contributed by atoms with Crippen molar-refractivity contribution < 1.29 is 19.2 Å². The van der Waals surface area contributed by atoms with Gasteiger partial charge in [0.2, 0.25) is 0 Å². The van der Waals surface area contributed by atoms with E-state index in [1.807, 2.05) is 31.3 Å². The Morgan fingerprint density at radius 1 is 1.28 bits per heavy atom. The molecule has 0 heterocycles. The molecule has 1 atom stereocenters. The minimum Gasteiger partial charge on any atom is -0.490 e. The zero-order chi connectivity index (χ0) is 18.7. The van der Waals surface area contributed by atoms with Gasteiger partial charge < -0.3 is 15.0 Å². The number of quaternary nitrogens is 1. The van der Waals surface area contributed by atoms with Crippen molar-refractivity contribution in [3.8, 4) is 5.75 Å². The number of likely N-dealkylation sites (N-methyl/N-ethyl adjacent to an activating group) is 1. The molecular formula is C19H30N3O3+. The van der Waals surface area contributed by atoms with E-state index in [0.717, 1.165) is 22.6 Å². The fourth-order valence-electron chi connectivity index (χ4n) is 2.23. The number of hydrogen-bond donors (Lipinski definition) is 3. The molecule has 1 aromatic carbocycles. The third kappa shape index (κ3) is 9.52. The molecule has 3 N–H and O–H groups in total. The summed E-state index contributed by atoms with van der Waals surface area (Å²) in [6.45, 7) is 9.74. The summed E-state index contributed by atoms with van der Waals surface area (Å²) in [7, 11) is 1.92. The van der Waals surface area contributed by atoms with E-state index in [9.17, 15) is 9.59 Å². The molecule has 0 aliphatic heterocycles. The predicted octanol–water partition coefficient (Wildman–Crippen LogP) is 1.14. The average Bonchev–Trinajstić information content (AvgIpc) is 2.53.